The SMILES string of the molecule is C=CC[C@H]1CCC(C)(C)C(=O)C1. The average Bonchev–Trinajstić information content (AvgIpc) is 1.98. The maximum atomic E-state index is 11.6. The maximum Gasteiger partial charge on any atom is 0.138 e. The lowest BCUT2D eigenvalue weighted by atomic mass is 9.71. The van der Waals surface area contributed by atoms with Crippen molar-refractivity contribution in [3.63, 3.8) is 0 Å². The van der Waals surface area contributed by atoms with Crippen molar-refractivity contribution in [3.8, 4) is 0 Å². The fourth-order valence-electron chi connectivity index (χ4n) is 1.78. The third-order valence-electron chi connectivity index (χ3n) is 2.91. The Morgan fingerprint density at radius 1 is 1.67 bits per heavy atom. The van der Waals surface area contributed by atoms with E-state index in [4.69, 9.17) is 0 Å². The van der Waals surface area contributed by atoms with Gasteiger partial charge in [0.1, 0.15) is 5.78 Å². The van der Waals surface area contributed by atoms with Crippen LogP contribution >= 0.6 is 0 Å². The van der Waals surface area contributed by atoms with Crippen molar-refractivity contribution in [1.82, 2.24) is 0 Å². The van der Waals surface area contributed by atoms with Crippen molar-refractivity contribution < 1.29 is 4.79 Å². The van der Waals surface area contributed by atoms with E-state index >= 15 is 0 Å². The van der Waals surface area contributed by atoms with Crippen LogP contribution in [-0.4, -0.2) is 5.78 Å². The van der Waals surface area contributed by atoms with E-state index in [1.807, 2.05) is 6.08 Å². The number of hydrogen-bond donors (Lipinski definition) is 0. The Bertz CT molecular complexity index is 191. The summed E-state index contributed by atoms with van der Waals surface area (Å²) < 4.78 is 0. The summed E-state index contributed by atoms with van der Waals surface area (Å²) in [5.74, 6) is 1.00. The highest BCUT2D eigenvalue weighted by Gasteiger charge is 2.33. The molecular formula is C11H18O. The molecule has 1 saturated carbocycles. The predicted molar refractivity (Wildman–Crippen MR) is 50.9 cm³/mol. The second kappa shape index (κ2) is 3.42. The first-order chi connectivity index (χ1) is 5.56. The lowest BCUT2D eigenvalue weighted by molar-refractivity contribution is -0.130. The molecule has 0 saturated heterocycles. The predicted octanol–water partition coefficient (Wildman–Crippen LogP) is 2.96. The van der Waals surface area contributed by atoms with Crippen molar-refractivity contribution >= 4 is 5.78 Å². The molecule has 1 aliphatic carbocycles. The molecule has 0 aromatic rings. The summed E-state index contributed by atoms with van der Waals surface area (Å²) in [6.45, 7) is 7.81. The lowest BCUT2D eigenvalue weighted by Gasteiger charge is -2.32. The number of ketones is 1. The summed E-state index contributed by atoms with van der Waals surface area (Å²) in [5.41, 5.74) is -0.0579. The molecule has 0 bridgehead atoms. The molecular weight excluding hydrogens is 148 g/mol. The van der Waals surface area contributed by atoms with E-state index in [0.29, 0.717) is 11.7 Å². The van der Waals surface area contributed by atoms with Gasteiger partial charge >= 0.3 is 0 Å². The maximum absolute atomic E-state index is 11.6. The quantitative estimate of drug-likeness (QED) is 0.576. The molecule has 1 aliphatic rings. The van der Waals surface area contributed by atoms with E-state index < -0.39 is 0 Å². The first-order valence-corrected chi connectivity index (χ1v) is 4.70. The fourth-order valence-corrected chi connectivity index (χ4v) is 1.78. The van der Waals surface area contributed by atoms with E-state index in [1.165, 1.54) is 6.42 Å². The largest absolute Gasteiger partial charge is 0.299 e. The minimum atomic E-state index is -0.0579. The lowest BCUT2D eigenvalue weighted by Crippen LogP contribution is -2.31. The van der Waals surface area contributed by atoms with Crippen LogP contribution in [0.5, 0.6) is 0 Å². The topological polar surface area (TPSA) is 17.1 Å². The van der Waals surface area contributed by atoms with Crippen LogP contribution in [0.4, 0.5) is 0 Å². The molecule has 0 aliphatic heterocycles. The van der Waals surface area contributed by atoms with Gasteiger partial charge in [-0.3, -0.25) is 4.79 Å². The summed E-state index contributed by atoms with van der Waals surface area (Å²) in [6, 6.07) is 0. The smallest absolute Gasteiger partial charge is 0.138 e. The third-order valence-corrected chi connectivity index (χ3v) is 2.91. The van der Waals surface area contributed by atoms with Gasteiger partial charge in [-0.2, -0.15) is 0 Å². The molecule has 12 heavy (non-hydrogen) atoms. The normalized spacial score (nSPS) is 28.5. The average molecular weight is 166 g/mol. The van der Waals surface area contributed by atoms with Crippen LogP contribution in [0.15, 0.2) is 12.7 Å². The molecule has 0 unspecified atom stereocenters. The molecule has 1 rings (SSSR count). The van der Waals surface area contributed by atoms with Crippen LogP contribution in [0.3, 0.4) is 0 Å². The zero-order chi connectivity index (χ0) is 9.19. The number of hydrogen-bond acceptors (Lipinski definition) is 1. The Morgan fingerprint density at radius 3 is 2.83 bits per heavy atom. The van der Waals surface area contributed by atoms with E-state index in [-0.39, 0.29) is 5.41 Å². The molecule has 0 heterocycles. The molecule has 1 fully saturated rings. The van der Waals surface area contributed by atoms with Gasteiger partial charge in [0, 0.05) is 11.8 Å². The zero-order valence-corrected chi connectivity index (χ0v) is 8.10. The molecule has 0 N–H and O–H groups in total. The van der Waals surface area contributed by atoms with Gasteiger partial charge in [0.2, 0.25) is 0 Å². The molecule has 1 heteroatoms. The number of rotatable bonds is 2. The molecule has 0 spiro atoms. The third kappa shape index (κ3) is 1.96. The van der Waals surface area contributed by atoms with Gasteiger partial charge < -0.3 is 0 Å². The summed E-state index contributed by atoms with van der Waals surface area (Å²) >= 11 is 0. The molecule has 0 aromatic heterocycles. The van der Waals surface area contributed by atoms with Gasteiger partial charge in [-0.25, -0.2) is 0 Å². The highest BCUT2D eigenvalue weighted by atomic mass is 16.1. The highest BCUT2D eigenvalue weighted by Crippen LogP contribution is 2.36. The van der Waals surface area contributed by atoms with Gasteiger partial charge in [0.05, 0.1) is 0 Å². The van der Waals surface area contributed by atoms with E-state index in [2.05, 4.69) is 20.4 Å². The Labute approximate surface area is 74.9 Å². The molecule has 0 radical (unpaired) electrons. The Morgan fingerprint density at radius 2 is 2.33 bits per heavy atom. The molecule has 0 aromatic carbocycles. The second-order valence-corrected chi connectivity index (χ2v) is 4.44. The van der Waals surface area contributed by atoms with Crippen LogP contribution in [-0.2, 0) is 4.79 Å². The summed E-state index contributed by atoms with van der Waals surface area (Å²) in [5, 5.41) is 0. The number of carbonyl (C=O) groups excluding carboxylic acids is 1. The van der Waals surface area contributed by atoms with Gasteiger partial charge in [-0.15, -0.1) is 6.58 Å². The first-order valence-electron chi connectivity index (χ1n) is 4.70. The minimum absolute atomic E-state index is 0.0579. The monoisotopic (exact) mass is 166 g/mol. The van der Waals surface area contributed by atoms with Crippen LogP contribution in [0, 0.1) is 11.3 Å². The fraction of sp³-hybridized carbons (Fsp3) is 0.727. The summed E-state index contributed by atoms with van der Waals surface area (Å²) in [7, 11) is 0. The standard InChI is InChI=1S/C11H18O/c1-4-5-9-6-7-11(2,3)10(12)8-9/h4,9H,1,5-8H2,2-3H3/t9-/m0/s1. The Kier molecular flexibility index (Phi) is 2.71. The van der Waals surface area contributed by atoms with Crippen LogP contribution in [0.25, 0.3) is 0 Å². The molecule has 1 atom stereocenters. The van der Waals surface area contributed by atoms with Crippen LogP contribution in [0.2, 0.25) is 0 Å². The van der Waals surface area contributed by atoms with Crippen molar-refractivity contribution in [2.75, 3.05) is 0 Å². The zero-order valence-electron chi connectivity index (χ0n) is 8.10. The van der Waals surface area contributed by atoms with Crippen molar-refractivity contribution in [2.24, 2.45) is 11.3 Å². The number of carbonyl (C=O) groups is 1. The summed E-state index contributed by atoms with van der Waals surface area (Å²) in [4.78, 5) is 11.6. The van der Waals surface area contributed by atoms with Crippen molar-refractivity contribution in [1.29, 1.82) is 0 Å². The minimum Gasteiger partial charge on any atom is -0.299 e. The molecule has 1 nitrogen and oxygen atoms in total. The molecule has 0 amide bonds. The first kappa shape index (κ1) is 9.50. The number of Topliss-reactive ketones (excluding diaryl/α,β-unsaturated/α-hetero) is 1. The van der Waals surface area contributed by atoms with Gasteiger partial charge in [-0.05, 0) is 25.2 Å². The second-order valence-electron chi connectivity index (χ2n) is 4.44. The van der Waals surface area contributed by atoms with Gasteiger partial charge in [0.25, 0.3) is 0 Å². The van der Waals surface area contributed by atoms with E-state index in [9.17, 15) is 4.79 Å². The number of allylic oxidation sites excluding steroid dienone is 1. The van der Waals surface area contributed by atoms with Crippen LogP contribution < -0.4 is 0 Å². The Balaban J connectivity index is 2.52. The van der Waals surface area contributed by atoms with Crippen molar-refractivity contribution in [3.05, 3.63) is 12.7 Å². The van der Waals surface area contributed by atoms with Crippen LogP contribution in [0.1, 0.15) is 39.5 Å². The highest BCUT2D eigenvalue weighted by molar-refractivity contribution is 5.84. The van der Waals surface area contributed by atoms with Crippen molar-refractivity contribution in [2.45, 2.75) is 39.5 Å². The van der Waals surface area contributed by atoms with Gasteiger partial charge in [0.15, 0.2) is 0 Å². The molecule has 68 valence electrons. The Hall–Kier alpha value is -0.590. The van der Waals surface area contributed by atoms with Gasteiger partial charge in [-0.1, -0.05) is 19.9 Å². The van der Waals surface area contributed by atoms with E-state index in [0.717, 1.165) is 19.3 Å². The van der Waals surface area contributed by atoms with E-state index in [1.54, 1.807) is 0 Å². The summed E-state index contributed by atoms with van der Waals surface area (Å²) in [6.07, 6.45) is 5.92.